The van der Waals surface area contributed by atoms with Gasteiger partial charge in [0.2, 0.25) is 0 Å². The van der Waals surface area contributed by atoms with Crippen LogP contribution in [0.3, 0.4) is 0 Å². The normalized spacial score (nSPS) is 11.6. The Hall–Kier alpha value is -0.940. The predicted molar refractivity (Wildman–Crippen MR) is 55.5 cm³/mol. The molecule has 0 aliphatic heterocycles. The van der Waals surface area contributed by atoms with Crippen LogP contribution in [0.1, 0.15) is 11.1 Å². The molecule has 2 N–H and O–H groups in total. The second-order valence-corrected chi connectivity index (χ2v) is 5.44. The van der Waals surface area contributed by atoms with E-state index in [0.29, 0.717) is 0 Å². The fraction of sp³-hybridized carbons (Fsp3) is 0.444. The smallest absolute Gasteiger partial charge is 0.155 e. The maximum absolute atomic E-state index is 11.4. The van der Waals surface area contributed by atoms with E-state index in [9.17, 15) is 8.42 Å². The molecule has 0 radical (unpaired) electrons. The van der Waals surface area contributed by atoms with Crippen molar-refractivity contribution in [1.82, 2.24) is 4.98 Å². The molecule has 14 heavy (non-hydrogen) atoms. The summed E-state index contributed by atoms with van der Waals surface area (Å²) in [6, 6.07) is 1.82. The SMILES string of the molecule is Cc1cncc(CS(=O)(=O)CCN)c1. The molecule has 0 spiro atoms. The van der Waals surface area contributed by atoms with E-state index in [1.54, 1.807) is 12.4 Å². The third kappa shape index (κ3) is 3.43. The van der Waals surface area contributed by atoms with Gasteiger partial charge in [0, 0.05) is 18.9 Å². The number of sulfone groups is 1. The number of nitrogens with zero attached hydrogens (tertiary/aromatic N) is 1. The molecule has 0 fully saturated rings. The molecule has 1 aromatic heterocycles. The van der Waals surface area contributed by atoms with Gasteiger partial charge in [-0.1, -0.05) is 6.07 Å². The number of aryl methyl sites for hydroxylation is 1. The van der Waals surface area contributed by atoms with E-state index in [-0.39, 0.29) is 18.1 Å². The fourth-order valence-corrected chi connectivity index (χ4v) is 2.37. The van der Waals surface area contributed by atoms with Crippen LogP contribution in [0.2, 0.25) is 0 Å². The van der Waals surface area contributed by atoms with Crippen molar-refractivity contribution in [1.29, 1.82) is 0 Å². The van der Waals surface area contributed by atoms with Gasteiger partial charge in [0.15, 0.2) is 9.84 Å². The highest BCUT2D eigenvalue weighted by Crippen LogP contribution is 2.06. The van der Waals surface area contributed by atoms with Crippen molar-refractivity contribution in [3.63, 3.8) is 0 Å². The zero-order valence-corrected chi connectivity index (χ0v) is 8.92. The van der Waals surface area contributed by atoms with Crippen molar-refractivity contribution in [3.8, 4) is 0 Å². The van der Waals surface area contributed by atoms with Crippen molar-refractivity contribution < 1.29 is 8.42 Å². The van der Waals surface area contributed by atoms with E-state index in [4.69, 9.17) is 5.73 Å². The number of pyridine rings is 1. The first-order valence-electron chi connectivity index (χ1n) is 4.34. The highest BCUT2D eigenvalue weighted by molar-refractivity contribution is 7.90. The van der Waals surface area contributed by atoms with Gasteiger partial charge in [-0.15, -0.1) is 0 Å². The predicted octanol–water partition coefficient (Wildman–Crippen LogP) is 0.264. The summed E-state index contributed by atoms with van der Waals surface area (Å²) < 4.78 is 22.8. The molecule has 0 bridgehead atoms. The van der Waals surface area contributed by atoms with Crippen molar-refractivity contribution in [3.05, 3.63) is 29.6 Å². The van der Waals surface area contributed by atoms with E-state index in [1.807, 2.05) is 13.0 Å². The Bertz CT molecular complexity index is 401. The van der Waals surface area contributed by atoms with Crippen molar-refractivity contribution in [2.45, 2.75) is 12.7 Å². The van der Waals surface area contributed by atoms with Crippen molar-refractivity contribution in [2.75, 3.05) is 12.3 Å². The number of hydrogen-bond donors (Lipinski definition) is 1. The largest absolute Gasteiger partial charge is 0.329 e. The second kappa shape index (κ2) is 4.52. The van der Waals surface area contributed by atoms with Crippen LogP contribution >= 0.6 is 0 Å². The van der Waals surface area contributed by atoms with Gasteiger partial charge in [-0.25, -0.2) is 8.42 Å². The van der Waals surface area contributed by atoms with Gasteiger partial charge in [0.1, 0.15) is 0 Å². The Morgan fingerprint density at radius 3 is 2.71 bits per heavy atom. The van der Waals surface area contributed by atoms with Gasteiger partial charge >= 0.3 is 0 Å². The van der Waals surface area contributed by atoms with Crippen LogP contribution in [-0.2, 0) is 15.6 Å². The minimum Gasteiger partial charge on any atom is -0.329 e. The van der Waals surface area contributed by atoms with Gasteiger partial charge in [0.25, 0.3) is 0 Å². The summed E-state index contributed by atoms with van der Waals surface area (Å²) >= 11 is 0. The average Bonchev–Trinajstić information content (AvgIpc) is 2.02. The van der Waals surface area contributed by atoms with Gasteiger partial charge in [-0.05, 0) is 18.1 Å². The Morgan fingerprint density at radius 1 is 1.43 bits per heavy atom. The summed E-state index contributed by atoms with van der Waals surface area (Å²) in [4.78, 5) is 3.93. The zero-order chi connectivity index (χ0) is 10.6. The Labute approximate surface area is 84.1 Å². The lowest BCUT2D eigenvalue weighted by atomic mass is 10.2. The third-order valence-corrected chi connectivity index (χ3v) is 3.38. The quantitative estimate of drug-likeness (QED) is 0.780. The standard InChI is InChI=1S/C9H14N2O2S/c1-8-4-9(6-11-5-8)7-14(12,13)3-2-10/h4-6H,2-3,7,10H2,1H3. The topological polar surface area (TPSA) is 73.0 Å². The second-order valence-electron chi connectivity index (χ2n) is 3.25. The lowest BCUT2D eigenvalue weighted by molar-refractivity contribution is 0.595. The summed E-state index contributed by atoms with van der Waals surface area (Å²) in [7, 11) is -3.07. The molecular weight excluding hydrogens is 200 g/mol. The van der Waals surface area contributed by atoms with Crippen LogP contribution in [0.5, 0.6) is 0 Å². The summed E-state index contributed by atoms with van der Waals surface area (Å²) in [5.74, 6) is 0.0554. The molecule has 4 nitrogen and oxygen atoms in total. The zero-order valence-electron chi connectivity index (χ0n) is 8.10. The molecule has 1 rings (SSSR count). The van der Waals surface area contributed by atoms with Crippen molar-refractivity contribution in [2.24, 2.45) is 5.73 Å². The fourth-order valence-electron chi connectivity index (χ4n) is 1.20. The van der Waals surface area contributed by atoms with E-state index < -0.39 is 9.84 Å². The highest BCUT2D eigenvalue weighted by atomic mass is 32.2. The maximum Gasteiger partial charge on any atom is 0.155 e. The van der Waals surface area contributed by atoms with Gasteiger partial charge in [0.05, 0.1) is 11.5 Å². The molecule has 1 heterocycles. The molecule has 0 amide bonds. The lowest BCUT2D eigenvalue weighted by Crippen LogP contribution is -2.17. The maximum atomic E-state index is 11.4. The molecule has 0 atom stereocenters. The number of hydrogen-bond acceptors (Lipinski definition) is 4. The van der Waals surface area contributed by atoms with Gasteiger partial charge in [-0.3, -0.25) is 4.98 Å². The molecule has 78 valence electrons. The van der Waals surface area contributed by atoms with Gasteiger partial charge < -0.3 is 5.73 Å². The van der Waals surface area contributed by atoms with E-state index >= 15 is 0 Å². The van der Waals surface area contributed by atoms with Crippen LogP contribution < -0.4 is 5.73 Å². The number of nitrogens with two attached hydrogens (primary N) is 1. The van der Waals surface area contributed by atoms with Gasteiger partial charge in [-0.2, -0.15) is 0 Å². The van der Waals surface area contributed by atoms with E-state index in [1.165, 1.54) is 0 Å². The minimum absolute atomic E-state index is 0.0267. The number of aromatic nitrogens is 1. The highest BCUT2D eigenvalue weighted by Gasteiger charge is 2.10. The van der Waals surface area contributed by atoms with Crippen LogP contribution in [0.15, 0.2) is 18.5 Å². The lowest BCUT2D eigenvalue weighted by Gasteiger charge is -2.02. The number of rotatable bonds is 4. The molecule has 0 saturated heterocycles. The first-order valence-corrected chi connectivity index (χ1v) is 6.16. The molecule has 5 heteroatoms. The molecule has 0 unspecified atom stereocenters. The van der Waals surface area contributed by atoms with E-state index in [2.05, 4.69) is 4.98 Å². The molecule has 0 aliphatic carbocycles. The third-order valence-electron chi connectivity index (χ3n) is 1.75. The monoisotopic (exact) mass is 214 g/mol. The van der Waals surface area contributed by atoms with Crippen LogP contribution in [-0.4, -0.2) is 25.7 Å². The summed E-state index contributed by atoms with van der Waals surface area (Å²) in [6.07, 6.45) is 3.26. The summed E-state index contributed by atoms with van der Waals surface area (Å²) in [5, 5.41) is 0. The Kier molecular flexibility index (Phi) is 3.60. The first-order chi connectivity index (χ1) is 6.53. The molecule has 0 aromatic carbocycles. The van der Waals surface area contributed by atoms with Crippen LogP contribution in [0.25, 0.3) is 0 Å². The molecule has 0 aliphatic rings. The first kappa shape index (κ1) is 11.1. The Morgan fingerprint density at radius 2 is 2.14 bits per heavy atom. The average molecular weight is 214 g/mol. The van der Waals surface area contributed by atoms with E-state index in [0.717, 1.165) is 11.1 Å². The molecule has 0 saturated carbocycles. The molecule has 1 aromatic rings. The van der Waals surface area contributed by atoms with Crippen LogP contribution in [0.4, 0.5) is 0 Å². The minimum atomic E-state index is -3.07. The van der Waals surface area contributed by atoms with Crippen LogP contribution in [0, 0.1) is 6.92 Å². The Balaban J connectivity index is 2.79. The van der Waals surface area contributed by atoms with Crippen molar-refractivity contribution >= 4 is 9.84 Å². The summed E-state index contributed by atoms with van der Waals surface area (Å²) in [5.41, 5.74) is 6.89. The molecular formula is C9H14N2O2S. The summed E-state index contributed by atoms with van der Waals surface area (Å²) in [6.45, 7) is 2.05.